The van der Waals surface area contributed by atoms with Crippen LogP contribution in [0.15, 0.2) is 30.6 Å². The van der Waals surface area contributed by atoms with E-state index in [4.69, 9.17) is 0 Å². The van der Waals surface area contributed by atoms with E-state index in [-0.39, 0.29) is 0 Å². The Morgan fingerprint density at radius 1 is 1.47 bits per heavy atom. The summed E-state index contributed by atoms with van der Waals surface area (Å²) in [5.41, 5.74) is 0.998. The summed E-state index contributed by atoms with van der Waals surface area (Å²) in [5.74, 6) is 1.97. The molecule has 90 valence electrons. The second kappa shape index (κ2) is 4.75. The van der Waals surface area contributed by atoms with Gasteiger partial charge in [-0.25, -0.2) is 4.98 Å². The zero-order valence-corrected chi connectivity index (χ0v) is 9.89. The van der Waals surface area contributed by atoms with Gasteiger partial charge in [0.25, 0.3) is 0 Å². The third-order valence-corrected chi connectivity index (χ3v) is 3.45. The first-order valence-electron chi connectivity index (χ1n) is 6.30. The van der Waals surface area contributed by atoms with Crippen LogP contribution in [0.5, 0.6) is 0 Å². The maximum absolute atomic E-state index is 4.28. The normalized spacial score (nSPS) is 19.9. The summed E-state index contributed by atoms with van der Waals surface area (Å²) in [6.45, 7) is 3.39. The van der Waals surface area contributed by atoms with Crippen LogP contribution in [0.4, 0.5) is 5.82 Å². The van der Waals surface area contributed by atoms with E-state index in [0.29, 0.717) is 0 Å². The molecule has 2 aromatic rings. The number of fused-ring (bicyclic) bond motifs is 1. The minimum atomic E-state index is 0.837. The highest BCUT2D eigenvalue weighted by atomic mass is 15.1. The summed E-state index contributed by atoms with van der Waals surface area (Å²) < 4.78 is 2.09. The van der Waals surface area contributed by atoms with Crippen LogP contribution in [0.2, 0.25) is 0 Å². The van der Waals surface area contributed by atoms with Gasteiger partial charge in [-0.05, 0) is 44.0 Å². The predicted octanol–water partition coefficient (Wildman–Crippen LogP) is 1.75. The van der Waals surface area contributed by atoms with Crippen molar-refractivity contribution in [3.05, 3.63) is 30.6 Å². The molecule has 0 radical (unpaired) electrons. The molecule has 2 aromatic heterocycles. The summed E-state index contributed by atoms with van der Waals surface area (Å²) >= 11 is 0. The van der Waals surface area contributed by atoms with E-state index < -0.39 is 0 Å². The molecule has 1 atom stereocenters. The highest BCUT2D eigenvalue weighted by Gasteiger charge is 2.13. The van der Waals surface area contributed by atoms with Gasteiger partial charge in [0.1, 0.15) is 11.5 Å². The third kappa shape index (κ3) is 2.26. The molecule has 2 N–H and O–H groups in total. The molecule has 3 heterocycles. The first-order chi connectivity index (χ1) is 8.43. The first-order valence-corrected chi connectivity index (χ1v) is 6.30. The lowest BCUT2D eigenvalue weighted by molar-refractivity contribution is 0.549. The lowest BCUT2D eigenvalue weighted by atomic mass is 10.1. The number of rotatable bonds is 4. The smallest absolute Gasteiger partial charge is 0.138 e. The zero-order valence-electron chi connectivity index (χ0n) is 9.89. The Labute approximate surface area is 101 Å². The molecule has 1 aliphatic heterocycles. The Morgan fingerprint density at radius 2 is 2.47 bits per heavy atom. The van der Waals surface area contributed by atoms with Crippen molar-refractivity contribution < 1.29 is 0 Å². The molecule has 1 saturated heterocycles. The Hall–Kier alpha value is -1.55. The van der Waals surface area contributed by atoms with E-state index in [1.54, 1.807) is 0 Å². The van der Waals surface area contributed by atoms with Crippen LogP contribution >= 0.6 is 0 Å². The van der Waals surface area contributed by atoms with Crippen molar-refractivity contribution in [3.63, 3.8) is 0 Å². The standard InChI is InChI=1S/C13H18N4/c1-2-12(17-9-8-16-13(17)3-1)15-7-5-11-4-6-14-10-11/h1-3,8-9,11,14-15H,4-7,10H2. The van der Waals surface area contributed by atoms with Gasteiger partial charge >= 0.3 is 0 Å². The number of pyridine rings is 1. The SMILES string of the molecule is c1cc(NCCC2CCNC2)n2ccnc2c1. The molecule has 0 aliphatic carbocycles. The van der Waals surface area contributed by atoms with E-state index in [1.807, 2.05) is 24.5 Å². The van der Waals surface area contributed by atoms with Gasteiger partial charge in [0.15, 0.2) is 0 Å². The summed E-state index contributed by atoms with van der Waals surface area (Å²) in [6.07, 6.45) is 6.38. The van der Waals surface area contributed by atoms with Crippen LogP contribution in [0, 0.1) is 5.92 Å². The number of imidazole rings is 1. The summed E-state index contributed by atoms with van der Waals surface area (Å²) in [5, 5.41) is 6.90. The molecule has 1 aliphatic rings. The number of nitrogens with one attached hydrogen (secondary N) is 2. The first kappa shape index (κ1) is 10.6. The molecule has 0 amide bonds. The van der Waals surface area contributed by atoms with Crippen molar-refractivity contribution in [1.29, 1.82) is 0 Å². The van der Waals surface area contributed by atoms with Gasteiger partial charge in [0.05, 0.1) is 0 Å². The van der Waals surface area contributed by atoms with Gasteiger partial charge in [-0.15, -0.1) is 0 Å². The van der Waals surface area contributed by atoms with Crippen molar-refractivity contribution in [2.45, 2.75) is 12.8 Å². The van der Waals surface area contributed by atoms with Crippen LogP contribution in [0.25, 0.3) is 5.65 Å². The minimum Gasteiger partial charge on any atom is -0.371 e. The molecule has 0 bridgehead atoms. The Kier molecular flexibility index (Phi) is 2.96. The average molecular weight is 230 g/mol. The molecule has 0 saturated carbocycles. The van der Waals surface area contributed by atoms with Crippen LogP contribution in [0.1, 0.15) is 12.8 Å². The monoisotopic (exact) mass is 230 g/mol. The Balaban J connectivity index is 1.62. The Morgan fingerprint density at radius 3 is 3.35 bits per heavy atom. The number of hydrogen-bond acceptors (Lipinski definition) is 3. The lowest BCUT2D eigenvalue weighted by Gasteiger charge is -2.11. The van der Waals surface area contributed by atoms with Gasteiger partial charge in [-0.1, -0.05) is 6.07 Å². The molecule has 1 unspecified atom stereocenters. The van der Waals surface area contributed by atoms with Gasteiger partial charge in [-0.3, -0.25) is 4.40 Å². The molecular formula is C13H18N4. The van der Waals surface area contributed by atoms with Crippen molar-refractivity contribution in [2.75, 3.05) is 25.0 Å². The van der Waals surface area contributed by atoms with Gasteiger partial charge in [-0.2, -0.15) is 0 Å². The van der Waals surface area contributed by atoms with Crippen LogP contribution in [-0.4, -0.2) is 29.0 Å². The van der Waals surface area contributed by atoms with Crippen LogP contribution in [-0.2, 0) is 0 Å². The molecule has 17 heavy (non-hydrogen) atoms. The fraction of sp³-hybridized carbons (Fsp3) is 0.462. The lowest BCUT2D eigenvalue weighted by Crippen LogP contribution is -2.13. The average Bonchev–Trinajstić information content (AvgIpc) is 2.99. The molecule has 3 rings (SSSR count). The number of anilines is 1. The van der Waals surface area contributed by atoms with Crippen molar-refractivity contribution in [3.8, 4) is 0 Å². The highest BCUT2D eigenvalue weighted by Crippen LogP contribution is 2.14. The minimum absolute atomic E-state index is 0.837. The molecule has 4 heteroatoms. The molecule has 0 aromatic carbocycles. The van der Waals surface area contributed by atoms with E-state index in [2.05, 4.69) is 26.1 Å². The summed E-state index contributed by atoms with van der Waals surface area (Å²) in [6, 6.07) is 6.16. The maximum atomic E-state index is 4.28. The van der Waals surface area contributed by atoms with Crippen molar-refractivity contribution >= 4 is 11.5 Å². The van der Waals surface area contributed by atoms with E-state index >= 15 is 0 Å². The van der Waals surface area contributed by atoms with E-state index in [0.717, 1.165) is 23.9 Å². The van der Waals surface area contributed by atoms with Gasteiger partial charge < -0.3 is 10.6 Å². The highest BCUT2D eigenvalue weighted by molar-refractivity contribution is 5.49. The number of nitrogens with zero attached hydrogens (tertiary/aromatic N) is 2. The number of hydrogen-bond donors (Lipinski definition) is 2. The molecular weight excluding hydrogens is 212 g/mol. The quantitative estimate of drug-likeness (QED) is 0.840. The van der Waals surface area contributed by atoms with E-state index in [1.165, 1.54) is 25.9 Å². The van der Waals surface area contributed by atoms with Crippen LogP contribution in [0.3, 0.4) is 0 Å². The van der Waals surface area contributed by atoms with Crippen LogP contribution < -0.4 is 10.6 Å². The van der Waals surface area contributed by atoms with E-state index in [9.17, 15) is 0 Å². The van der Waals surface area contributed by atoms with Gasteiger partial charge in [0, 0.05) is 18.9 Å². The van der Waals surface area contributed by atoms with Gasteiger partial charge in [0.2, 0.25) is 0 Å². The molecule has 0 spiro atoms. The zero-order chi connectivity index (χ0) is 11.5. The Bertz CT molecular complexity index is 485. The second-order valence-corrected chi connectivity index (χ2v) is 4.64. The fourth-order valence-electron chi connectivity index (χ4n) is 2.46. The third-order valence-electron chi connectivity index (χ3n) is 3.45. The fourth-order valence-corrected chi connectivity index (χ4v) is 2.46. The predicted molar refractivity (Wildman–Crippen MR) is 69.3 cm³/mol. The second-order valence-electron chi connectivity index (χ2n) is 4.64. The molecule has 1 fully saturated rings. The van der Waals surface area contributed by atoms with Crippen molar-refractivity contribution in [2.24, 2.45) is 5.92 Å². The molecule has 4 nitrogen and oxygen atoms in total. The maximum Gasteiger partial charge on any atom is 0.138 e. The topological polar surface area (TPSA) is 41.4 Å². The summed E-state index contributed by atoms with van der Waals surface area (Å²) in [7, 11) is 0. The summed E-state index contributed by atoms with van der Waals surface area (Å²) in [4.78, 5) is 4.28. The number of aromatic nitrogens is 2. The largest absolute Gasteiger partial charge is 0.371 e. The van der Waals surface area contributed by atoms with Crippen molar-refractivity contribution in [1.82, 2.24) is 14.7 Å².